The maximum atomic E-state index is 13.3. The van der Waals surface area contributed by atoms with Crippen LogP contribution >= 0.6 is 0 Å². The summed E-state index contributed by atoms with van der Waals surface area (Å²) in [6.45, 7) is 6.90. The number of hydrogen-bond donors (Lipinski definition) is 0. The second kappa shape index (κ2) is 5.90. The van der Waals surface area contributed by atoms with Gasteiger partial charge in [-0.1, -0.05) is 6.07 Å². The molecule has 2 saturated heterocycles. The van der Waals surface area contributed by atoms with E-state index in [2.05, 4.69) is 18.0 Å². The second-order valence-corrected chi connectivity index (χ2v) is 7.73. The van der Waals surface area contributed by atoms with Crippen LogP contribution in [-0.4, -0.2) is 51.5 Å². The van der Waals surface area contributed by atoms with Gasteiger partial charge in [-0.3, -0.25) is 4.98 Å². The van der Waals surface area contributed by atoms with Crippen LogP contribution in [0.25, 0.3) is 0 Å². The molecule has 0 radical (unpaired) electrons. The number of halogens is 1. The van der Waals surface area contributed by atoms with Crippen molar-refractivity contribution in [2.24, 2.45) is 0 Å². The summed E-state index contributed by atoms with van der Waals surface area (Å²) in [6, 6.07) is 7.26. The topological polar surface area (TPSA) is 52.6 Å². The SMILES string of the molecule is Cc1cc(C)c2c(n1)C1CCN(C3CN(c4cccc(F)n4)C3)C(=O)N1C2. The van der Waals surface area contributed by atoms with Crippen LogP contribution in [0, 0.1) is 19.8 Å². The molecule has 0 N–H and O–H groups in total. The van der Waals surface area contributed by atoms with Gasteiger partial charge in [0.05, 0.1) is 24.3 Å². The van der Waals surface area contributed by atoms with E-state index in [-0.39, 0.29) is 18.1 Å². The van der Waals surface area contributed by atoms with Gasteiger partial charge in [0.15, 0.2) is 0 Å². The van der Waals surface area contributed by atoms with E-state index in [0.29, 0.717) is 25.5 Å². The number of rotatable bonds is 2. The minimum absolute atomic E-state index is 0.0955. The molecule has 0 aromatic carbocycles. The normalized spacial score (nSPS) is 22.0. The molecule has 5 heterocycles. The number of carbonyl (C=O) groups is 1. The van der Waals surface area contributed by atoms with Crippen molar-refractivity contribution in [2.75, 3.05) is 24.5 Å². The lowest BCUT2D eigenvalue weighted by molar-refractivity contribution is 0.0756. The molecule has 27 heavy (non-hydrogen) atoms. The van der Waals surface area contributed by atoms with E-state index in [1.807, 2.05) is 21.6 Å². The molecule has 6 nitrogen and oxygen atoms in total. The molecule has 2 aromatic rings. The first kappa shape index (κ1) is 16.5. The van der Waals surface area contributed by atoms with Crippen LogP contribution in [0.15, 0.2) is 24.3 Å². The lowest BCUT2D eigenvalue weighted by atomic mass is 10.0. The number of carbonyl (C=O) groups excluding carboxylic acids is 1. The zero-order valence-electron chi connectivity index (χ0n) is 15.5. The Morgan fingerprint density at radius 1 is 1.15 bits per heavy atom. The summed E-state index contributed by atoms with van der Waals surface area (Å²) in [5.41, 5.74) is 4.53. The van der Waals surface area contributed by atoms with Crippen LogP contribution in [-0.2, 0) is 6.54 Å². The van der Waals surface area contributed by atoms with Gasteiger partial charge in [0.25, 0.3) is 0 Å². The quantitative estimate of drug-likeness (QED) is 0.766. The second-order valence-electron chi connectivity index (χ2n) is 7.73. The molecule has 3 aliphatic rings. The highest BCUT2D eigenvalue weighted by atomic mass is 19.1. The van der Waals surface area contributed by atoms with Crippen LogP contribution in [0.4, 0.5) is 15.0 Å². The van der Waals surface area contributed by atoms with Gasteiger partial charge in [-0.15, -0.1) is 0 Å². The summed E-state index contributed by atoms with van der Waals surface area (Å²) in [4.78, 5) is 27.8. The first-order chi connectivity index (χ1) is 13.0. The largest absolute Gasteiger partial charge is 0.352 e. The van der Waals surface area contributed by atoms with Gasteiger partial charge in [-0.25, -0.2) is 9.78 Å². The van der Waals surface area contributed by atoms with E-state index in [1.54, 1.807) is 12.1 Å². The smallest absolute Gasteiger partial charge is 0.321 e. The lowest BCUT2D eigenvalue weighted by Crippen LogP contribution is -2.64. The van der Waals surface area contributed by atoms with Crippen molar-refractivity contribution in [1.29, 1.82) is 0 Å². The van der Waals surface area contributed by atoms with Crippen molar-refractivity contribution >= 4 is 11.8 Å². The molecular formula is C20H22FN5O. The number of pyridine rings is 2. The van der Waals surface area contributed by atoms with Gasteiger partial charge < -0.3 is 14.7 Å². The molecule has 140 valence electrons. The van der Waals surface area contributed by atoms with Crippen molar-refractivity contribution in [3.05, 3.63) is 52.7 Å². The van der Waals surface area contributed by atoms with E-state index in [9.17, 15) is 9.18 Å². The summed E-state index contributed by atoms with van der Waals surface area (Å²) in [7, 11) is 0. The summed E-state index contributed by atoms with van der Waals surface area (Å²) in [6.07, 6.45) is 0.906. The highest BCUT2D eigenvalue weighted by Crippen LogP contribution is 2.41. The third kappa shape index (κ3) is 2.56. The van der Waals surface area contributed by atoms with E-state index < -0.39 is 5.95 Å². The molecule has 0 bridgehead atoms. The standard InChI is InChI=1S/C20H22FN5O/c1-12-8-13(2)22-19-15(12)11-26-16(19)6-7-25(20(26)27)14-9-24(10-14)18-5-3-4-17(21)23-18/h3-5,8,14,16H,6-7,9-11H2,1-2H3. The molecule has 1 unspecified atom stereocenters. The Bertz CT molecular complexity index is 927. The van der Waals surface area contributed by atoms with Gasteiger partial charge >= 0.3 is 6.03 Å². The van der Waals surface area contributed by atoms with Crippen LogP contribution in [0.5, 0.6) is 0 Å². The number of aryl methyl sites for hydroxylation is 2. The molecule has 0 aliphatic carbocycles. The number of fused-ring (bicyclic) bond motifs is 3. The van der Waals surface area contributed by atoms with Crippen molar-refractivity contribution in [1.82, 2.24) is 19.8 Å². The Morgan fingerprint density at radius 2 is 1.96 bits per heavy atom. The predicted octanol–water partition coefficient (Wildman–Crippen LogP) is 2.80. The van der Waals surface area contributed by atoms with Crippen molar-refractivity contribution in [3.63, 3.8) is 0 Å². The predicted molar refractivity (Wildman–Crippen MR) is 98.9 cm³/mol. The van der Waals surface area contributed by atoms with Crippen molar-refractivity contribution in [2.45, 2.75) is 38.9 Å². The average Bonchev–Trinajstić information content (AvgIpc) is 2.95. The summed E-state index contributed by atoms with van der Waals surface area (Å²) < 4.78 is 13.3. The highest BCUT2D eigenvalue weighted by molar-refractivity contribution is 5.78. The third-order valence-corrected chi connectivity index (χ3v) is 5.99. The molecule has 0 saturated carbocycles. The molecule has 3 aliphatic heterocycles. The van der Waals surface area contributed by atoms with E-state index in [0.717, 1.165) is 24.4 Å². The molecule has 2 aromatic heterocycles. The highest BCUT2D eigenvalue weighted by Gasteiger charge is 2.45. The first-order valence-corrected chi connectivity index (χ1v) is 9.43. The van der Waals surface area contributed by atoms with Crippen LogP contribution in [0.2, 0.25) is 0 Å². The molecule has 7 heteroatoms. The zero-order chi connectivity index (χ0) is 18.7. The Morgan fingerprint density at radius 3 is 2.74 bits per heavy atom. The Hall–Kier alpha value is -2.70. The number of aromatic nitrogens is 2. The maximum Gasteiger partial charge on any atom is 0.321 e. The fraction of sp³-hybridized carbons (Fsp3) is 0.450. The minimum Gasteiger partial charge on any atom is -0.352 e. The van der Waals surface area contributed by atoms with E-state index in [1.165, 1.54) is 17.2 Å². The third-order valence-electron chi connectivity index (χ3n) is 5.99. The van der Waals surface area contributed by atoms with Gasteiger partial charge in [0, 0.05) is 25.3 Å². The first-order valence-electron chi connectivity index (χ1n) is 9.43. The number of amides is 2. The van der Waals surface area contributed by atoms with Crippen molar-refractivity contribution in [3.8, 4) is 0 Å². The Balaban J connectivity index is 1.30. The monoisotopic (exact) mass is 367 g/mol. The molecular weight excluding hydrogens is 345 g/mol. The Labute approximate surface area is 157 Å². The number of anilines is 1. The van der Waals surface area contributed by atoms with E-state index in [4.69, 9.17) is 4.98 Å². The molecule has 2 fully saturated rings. The molecule has 0 spiro atoms. The summed E-state index contributed by atoms with van der Waals surface area (Å²) >= 11 is 0. The van der Waals surface area contributed by atoms with E-state index >= 15 is 0 Å². The van der Waals surface area contributed by atoms with Crippen molar-refractivity contribution < 1.29 is 9.18 Å². The fourth-order valence-electron chi connectivity index (χ4n) is 4.57. The van der Waals surface area contributed by atoms with Gasteiger partial charge in [-0.2, -0.15) is 4.39 Å². The molecule has 5 rings (SSSR count). The molecule has 2 amide bonds. The van der Waals surface area contributed by atoms with Gasteiger partial charge in [0.2, 0.25) is 5.95 Å². The fourth-order valence-corrected chi connectivity index (χ4v) is 4.57. The van der Waals surface area contributed by atoms with Crippen LogP contribution in [0.1, 0.15) is 35.0 Å². The average molecular weight is 367 g/mol. The van der Waals surface area contributed by atoms with Gasteiger partial charge in [-0.05, 0) is 49.6 Å². The summed E-state index contributed by atoms with van der Waals surface area (Å²) in [5, 5.41) is 0. The number of hydrogen-bond acceptors (Lipinski definition) is 4. The summed E-state index contributed by atoms with van der Waals surface area (Å²) in [5.74, 6) is 0.165. The minimum atomic E-state index is -0.471. The van der Waals surface area contributed by atoms with Crippen LogP contribution in [0.3, 0.4) is 0 Å². The van der Waals surface area contributed by atoms with Crippen LogP contribution < -0.4 is 4.90 Å². The number of urea groups is 1. The van der Waals surface area contributed by atoms with Gasteiger partial charge in [0.1, 0.15) is 5.82 Å². The zero-order valence-corrected chi connectivity index (χ0v) is 15.5. The Kier molecular flexibility index (Phi) is 3.60. The molecule has 1 atom stereocenters. The maximum absolute atomic E-state index is 13.3. The number of nitrogens with zero attached hydrogens (tertiary/aromatic N) is 5. The lowest BCUT2D eigenvalue weighted by Gasteiger charge is -2.49.